The Bertz CT molecular complexity index is 1160. The van der Waals surface area contributed by atoms with Crippen LogP contribution in [-0.4, -0.2) is 88.9 Å². The number of benzene rings is 1. The number of rotatable bonds is 7. The lowest BCUT2D eigenvalue weighted by Gasteiger charge is -2.47. The molecule has 0 radical (unpaired) electrons. The fraction of sp³-hybridized carbons (Fsp3) is 0.520. The lowest BCUT2D eigenvalue weighted by Crippen LogP contribution is -2.61. The maximum Gasteiger partial charge on any atom is 0.409 e. The summed E-state index contributed by atoms with van der Waals surface area (Å²) in [6, 6.07) is 4.68. The minimum Gasteiger partial charge on any atom is -0.454 e. The third-order valence-corrected chi connectivity index (χ3v) is 7.41. The lowest BCUT2D eigenvalue weighted by atomic mass is 9.93. The van der Waals surface area contributed by atoms with E-state index in [1.165, 1.54) is 7.11 Å². The van der Waals surface area contributed by atoms with Gasteiger partial charge in [-0.05, 0) is 30.5 Å². The van der Waals surface area contributed by atoms with E-state index in [0.717, 1.165) is 12.0 Å². The minimum atomic E-state index is -0.497. The van der Waals surface area contributed by atoms with E-state index in [0.29, 0.717) is 44.1 Å². The number of aromatic nitrogens is 2. The molecule has 4 atom stereocenters. The summed E-state index contributed by atoms with van der Waals surface area (Å²) in [5, 5.41) is 6.25. The molecule has 0 saturated carbocycles. The van der Waals surface area contributed by atoms with E-state index in [-0.39, 0.29) is 37.4 Å². The molecule has 2 aromatic rings. The molecule has 0 bridgehead atoms. The molecule has 3 aliphatic heterocycles. The van der Waals surface area contributed by atoms with Crippen molar-refractivity contribution >= 4 is 17.9 Å². The normalized spacial score (nSPS) is 25.1. The van der Waals surface area contributed by atoms with Crippen molar-refractivity contribution in [3.63, 3.8) is 0 Å². The number of ether oxygens (including phenoxy) is 3. The zero-order valence-electron chi connectivity index (χ0n) is 21.2. The number of nitrogens with one attached hydrogen (secondary N) is 2. The largest absolute Gasteiger partial charge is 0.454 e. The average molecular weight is 528 g/mol. The molecule has 3 amide bonds. The Labute approximate surface area is 220 Å². The number of piperazine rings is 1. The number of nitrogens with two attached hydrogens (primary N) is 1. The van der Waals surface area contributed by atoms with Crippen LogP contribution in [0.25, 0.3) is 0 Å². The van der Waals surface area contributed by atoms with Crippen molar-refractivity contribution in [1.82, 2.24) is 30.0 Å². The highest BCUT2D eigenvalue weighted by molar-refractivity contribution is 5.80. The van der Waals surface area contributed by atoms with Gasteiger partial charge in [-0.15, -0.1) is 0 Å². The number of hydrogen-bond acceptors (Lipinski definition) is 9. The van der Waals surface area contributed by atoms with Crippen LogP contribution in [0.4, 0.5) is 4.79 Å². The van der Waals surface area contributed by atoms with Gasteiger partial charge >= 0.3 is 6.09 Å². The molecule has 38 heavy (non-hydrogen) atoms. The SMILES string of the molecule is COC(=O)N1CCN(C2CC(C(N)=O)NC(n3ccnc3)C2)CC1CC(=O)NCc1ccc2c(c1)OCO2. The molecule has 204 valence electrons. The van der Waals surface area contributed by atoms with Crippen LogP contribution in [0.1, 0.15) is 31.0 Å². The van der Waals surface area contributed by atoms with E-state index in [1.54, 1.807) is 17.4 Å². The van der Waals surface area contributed by atoms with Gasteiger partial charge in [0.2, 0.25) is 18.6 Å². The summed E-state index contributed by atoms with van der Waals surface area (Å²) in [4.78, 5) is 45.6. The quantitative estimate of drug-likeness (QED) is 0.457. The molecule has 0 spiro atoms. The van der Waals surface area contributed by atoms with Gasteiger partial charge in [0.15, 0.2) is 11.5 Å². The van der Waals surface area contributed by atoms with Crippen LogP contribution in [0.2, 0.25) is 0 Å². The second kappa shape index (κ2) is 11.3. The first-order valence-electron chi connectivity index (χ1n) is 12.7. The van der Waals surface area contributed by atoms with Crippen LogP contribution in [0.15, 0.2) is 36.9 Å². The first-order valence-corrected chi connectivity index (χ1v) is 12.7. The Kier molecular flexibility index (Phi) is 7.65. The van der Waals surface area contributed by atoms with Gasteiger partial charge in [0.05, 0.1) is 31.7 Å². The molecular formula is C25H33N7O6. The van der Waals surface area contributed by atoms with E-state index < -0.39 is 18.0 Å². The molecule has 0 aliphatic carbocycles. The fourth-order valence-corrected chi connectivity index (χ4v) is 5.43. The molecule has 1 aromatic carbocycles. The number of nitrogens with zero attached hydrogens (tertiary/aromatic N) is 4. The molecule has 3 aliphatic rings. The molecule has 4 unspecified atom stereocenters. The first kappa shape index (κ1) is 25.8. The number of carbonyl (C=O) groups excluding carboxylic acids is 3. The topological polar surface area (TPSA) is 153 Å². The predicted octanol–water partition coefficient (Wildman–Crippen LogP) is 0.175. The number of primary amides is 1. The van der Waals surface area contributed by atoms with Crippen LogP contribution in [-0.2, 0) is 20.9 Å². The summed E-state index contributed by atoms with van der Waals surface area (Å²) in [6.07, 6.45) is 6.03. The molecule has 2 saturated heterocycles. The Hall–Kier alpha value is -3.84. The van der Waals surface area contributed by atoms with E-state index >= 15 is 0 Å². The molecule has 4 N–H and O–H groups in total. The molecule has 13 nitrogen and oxygen atoms in total. The molecule has 13 heteroatoms. The van der Waals surface area contributed by atoms with E-state index in [4.69, 9.17) is 19.9 Å². The van der Waals surface area contributed by atoms with Crippen molar-refractivity contribution in [3.8, 4) is 11.5 Å². The van der Waals surface area contributed by atoms with Crippen molar-refractivity contribution in [2.75, 3.05) is 33.5 Å². The molecule has 5 rings (SSSR count). The predicted molar refractivity (Wildman–Crippen MR) is 134 cm³/mol. The monoisotopic (exact) mass is 527 g/mol. The number of methoxy groups -OCH3 is 1. The van der Waals surface area contributed by atoms with Crippen molar-refractivity contribution in [2.45, 2.75) is 50.1 Å². The van der Waals surface area contributed by atoms with E-state index in [2.05, 4.69) is 20.5 Å². The van der Waals surface area contributed by atoms with Crippen LogP contribution in [0.5, 0.6) is 11.5 Å². The van der Waals surface area contributed by atoms with Gasteiger partial charge in [-0.25, -0.2) is 9.78 Å². The molecule has 1 aromatic heterocycles. The van der Waals surface area contributed by atoms with Crippen molar-refractivity contribution in [3.05, 3.63) is 42.5 Å². The molecular weight excluding hydrogens is 494 g/mol. The van der Waals surface area contributed by atoms with Gasteiger partial charge < -0.3 is 34.7 Å². The Balaban J connectivity index is 1.24. The van der Waals surface area contributed by atoms with Crippen LogP contribution >= 0.6 is 0 Å². The van der Waals surface area contributed by atoms with Gasteiger partial charge in [-0.3, -0.25) is 19.8 Å². The third-order valence-electron chi connectivity index (χ3n) is 7.41. The zero-order valence-corrected chi connectivity index (χ0v) is 21.2. The number of amides is 3. The minimum absolute atomic E-state index is 0.0279. The number of fused-ring (bicyclic) bond motifs is 1. The standard InChI is InChI=1S/C25H33N7O6/c1-36-25(35)32-7-6-30(17-9-19(24(26)34)29-22(10-17)31-5-4-27-14-31)13-18(32)11-23(33)28-12-16-2-3-20-21(8-16)38-15-37-20/h2-5,8,14,17-19,22,29H,6-7,9-13,15H2,1H3,(H2,26,34)(H,28,33). The van der Waals surface area contributed by atoms with Crippen molar-refractivity contribution in [2.24, 2.45) is 5.73 Å². The van der Waals surface area contributed by atoms with Crippen molar-refractivity contribution < 1.29 is 28.6 Å². The summed E-state index contributed by atoms with van der Waals surface area (Å²) in [5.41, 5.74) is 6.56. The number of piperidine rings is 1. The van der Waals surface area contributed by atoms with Gasteiger partial charge in [-0.1, -0.05) is 6.07 Å². The van der Waals surface area contributed by atoms with E-state index in [1.807, 2.05) is 29.0 Å². The van der Waals surface area contributed by atoms with E-state index in [9.17, 15) is 14.4 Å². The van der Waals surface area contributed by atoms with Crippen LogP contribution in [0, 0.1) is 0 Å². The van der Waals surface area contributed by atoms with Gasteiger partial charge in [0, 0.05) is 51.0 Å². The summed E-state index contributed by atoms with van der Waals surface area (Å²) in [6.45, 7) is 1.99. The maximum atomic E-state index is 13.0. The first-order chi connectivity index (χ1) is 18.4. The number of hydrogen-bond donors (Lipinski definition) is 3. The third kappa shape index (κ3) is 5.68. The van der Waals surface area contributed by atoms with Crippen LogP contribution < -0.4 is 25.8 Å². The summed E-state index contributed by atoms with van der Waals surface area (Å²) >= 11 is 0. The van der Waals surface area contributed by atoms with Gasteiger partial charge in [0.25, 0.3) is 0 Å². The molecule has 2 fully saturated rings. The van der Waals surface area contributed by atoms with Gasteiger partial charge in [0.1, 0.15) is 0 Å². The lowest BCUT2D eigenvalue weighted by molar-refractivity contribution is -0.123. The Morgan fingerprint density at radius 3 is 2.82 bits per heavy atom. The second-order valence-corrected chi connectivity index (χ2v) is 9.75. The summed E-state index contributed by atoms with van der Waals surface area (Å²) in [7, 11) is 1.34. The Morgan fingerprint density at radius 2 is 2.05 bits per heavy atom. The van der Waals surface area contributed by atoms with Crippen molar-refractivity contribution in [1.29, 1.82) is 0 Å². The Morgan fingerprint density at radius 1 is 1.21 bits per heavy atom. The van der Waals surface area contributed by atoms with Gasteiger partial charge in [-0.2, -0.15) is 0 Å². The fourth-order valence-electron chi connectivity index (χ4n) is 5.43. The maximum absolute atomic E-state index is 13.0. The highest BCUT2D eigenvalue weighted by Crippen LogP contribution is 2.32. The molecule has 4 heterocycles. The number of carbonyl (C=O) groups is 3. The highest BCUT2D eigenvalue weighted by atomic mass is 16.7. The summed E-state index contributed by atoms with van der Waals surface area (Å²) < 4.78 is 17.7. The smallest absolute Gasteiger partial charge is 0.409 e. The van der Waals surface area contributed by atoms with Crippen LogP contribution in [0.3, 0.4) is 0 Å². The summed E-state index contributed by atoms with van der Waals surface area (Å²) in [5.74, 6) is 0.747. The average Bonchev–Trinajstić information content (AvgIpc) is 3.63. The highest BCUT2D eigenvalue weighted by Gasteiger charge is 2.40. The second-order valence-electron chi connectivity index (χ2n) is 9.75. The number of imidazole rings is 1. The zero-order chi connectivity index (χ0) is 26.6.